The van der Waals surface area contributed by atoms with Crippen LogP contribution in [0.15, 0.2) is 63.9 Å². The molecule has 0 N–H and O–H groups in total. The van der Waals surface area contributed by atoms with E-state index in [0.717, 1.165) is 22.9 Å². The number of amides is 2. The zero-order valence-electron chi connectivity index (χ0n) is 17.5. The molecule has 0 atom stereocenters. The summed E-state index contributed by atoms with van der Waals surface area (Å²) in [5.41, 5.74) is 1.85. The number of halogens is 1. The molecule has 0 radical (unpaired) electrons. The Labute approximate surface area is 194 Å². The zero-order valence-corrected chi connectivity index (χ0v) is 19.0. The largest absolute Gasteiger partial charge is 0.495 e. The molecule has 1 aliphatic heterocycles. The number of hydrogen-bond acceptors (Lipinski definition) is 6. The summed E-state index contributed by atoms with van der Waals surface area (Å²) >= 11 is 7.07. The van der Waals surface area contributed by atoms with E-state index in [1.807, 2.05) is 37.3 Å². The minimum Gasteiger partial charge on any atom is -0.495 e. The number of carbonyl (C=O) groups is 2. The van der Waals surface area contributed by atoms with Crippen molar-refractivity contribution in [2.45, 2.75) is 6.92 Å². The second kappa shape index (κ2) is 9.54. The minimum absolute atomic E-state index is 0.170. The van der Waals surface area contributed by atoms with Gasteiger partial charge in [0.15, 0.2) is 0 Å². The Bertz CT molecular complexity index is 1200. The van der Waals surface area contributed by atoms with Crippen LogP contribution >= 0.6 is 23.4 Å². The highest BCUT2D eigenvalue weighted by molar-refractivity contribution is 8.18. The lowest BCUT2D eigenvalue weighted by Gasteiger charge is -2.13. The summed E-state index contributed by atoms with van der Waals surface area (Å²) in [6, 6.07) is 16.4. The fourth-order valence-electron chi connectivity index (χ4n) is 3.19. The van der Waals surface area contributed by atoms with E-state index in [-0.39, 0.29) is 24.3 Å². The number of carbonyl (C=O) groups excluding carboxylic acids is 2. The molecule has 1 aromatic heterocycles. The molecule has 164 valence electrons. The topological polar surface area (TPSA) is 69.0 Å². The Balaban J connectivity index is 1.42. The van der Waals surface area contributed by atoms with Gasteiger partial charge in [-0.15, -0.1) is 0 Å². The van der Waals surface area contributed by atoms with Gasteiger partial charge in [0.05, 0.1) is 23.6 Å². The molecule has 0 saturated carbocycles. The van der Waals surface area contributed by atoms with E-state index in [4.69, 9.17) is 25.5 Å². The van der Waals surface area contributed by atoms with Crippen LogP contribution in [0.3, 0.4) is 0 Å². The maximum atomic E-state index is 12.7. The summed E-state index contributed by atoms with van der Waals surface area (Å²) in [5.74, 6) is 1.97. The minimum atomic E-state index is -0.363. The third-order valence-electron chi connectivity index (χ3n) is 4.78. The van der Waals surface area contributed by atoms with Crippen molar-refractivity contribution >= 4 is 40.6 Å². The van der Waals surface area contributed by atoms with Gasteiger partial charge in [-0.3, -0.25) is 14.5 Å². The van der Waals surface area contributed by atoms with E-state index < -0.39 is 0 Å². The third kappa shape index (κ3) is 4.84. The molecule has 0 spiro atoms. The summed E-state index contributed by atoms with van der Waals surface area (Å²) in [4.78, 5) is 26.5. The molecule has 4 rings (SSSR count). The first-order valence-corrected chi connectivity index (χ1v) is 11.0. The van der Waals surface area contributed by atoms with Crippen molar-refractivity contribution < 1.29 is 23.5 Å². The van der Waals surface area contributed by atoms with Gasteiger partial charge in [-0.2, -0.15) is 0 Å². The van der Waals surface area contributed by atoms with E-state index in [0.29, 0.717) is 32.9 Å². The summed E-state index contributed by atoms with van der Waals surface area (Å²) in [5, 5.41) is 0.139. The quantitative estimate of drug-likeness (QED) is 0.393. The molecule has 1 aliphatic rings. The van der Waals surface area contributed by atoms with Crippen LogP contribution in [0.4, 0.5) is 4.79 Å². The molecule has 2 aromatic carbocycles. The second-order valence-electron chi connectivity index (χ2n) is 7.05. The van der Waals surface area contributed by atoms with Crippen LogP contribution in [0.1, 0.15) is 11.3 Å². The number of benzene rings is 2. The predicted octanol–water partition coefficient (Wildman–Crippen LogP) is 6.03. The Morgan fingerprint density at radius 3 is 2.72 bits per heavy atom. The van der Waals surface area contributed by atoms with E-state index in [1.165, 1.54) is 4.90 Å². The number of nitrogens with zero attached hydrogens (tertiary/aromatic N) is 1. The fourth-order valence-corrected chi connectivity index (χ4v) is 4.29. The average molecular weight is 470 g/mol. The normalized spacial score (nSPS) is 15.0. The van der Waals surface area contributed by atoms with Gasteiger partial charge in [0.1, 0.15) is 29.6 Å². The van der Waals surface area contributed by atoms with Gasteiger partial charge in [-0.25, -0.2) is 0 Å². The molecule has 3 aromatic rings. The van der Waals surface area contributed by atoms with Gasteiger partial charge in [0, 0.05) is 11.6 Å². The first-order chi connectivity index (χ1) is 15.4. The van der Waals surface area contributed by atoms with Crippen LogP contribution in [0, 0.1) is 6.92 Å². The van der Waals surface area contributed by atoms with Gasteiger partial charge < -0.3 is 13.9 Å². The molecule has 32 heavy (non-hydrogen) atoms. The van der Waals surface area contributed by atoms with Crippen molar-refractivity contribution in [3.63, 3.8) is 0 Å². The highest BCUT2D eigenvalue weighted by Gasteiger charge is 2.35. The van der Waals surface area contributed by atoms with Crippen LogP contribution in [0.5, 0.6) is 11.5 Å². The average Bonchev–Trinajstić information content (AvgIpc) is 3.34. The Morgan fingerprint density at radius 2 is 1.97 bits per heavy atom. The lowest BCUT2D eigenvalue weighted by Crippen LogP contribution is -2.32. The summed E-state index contributed by atoms with van der Waals surface area (Å²) < 4.78 is 16.7. The van der Waals surface area contributed by atoms with E-state index >= 15 is 0 Å². The maximum Gasteiger partial charge on any atom is 0.293 e. The smallest absolute Gasteiger partial charge is 0.293 e. The van der Waals surface area contributed by atoms with Crippen molar-refractivity contribution in [1.82, 2.24) is 4.90 Å². The number of imide groups is 1. The first kappa shape index (κ1) is 22.0. The zero-order chi connectivity index (χ0) is 22.7. The van der Waals surface area contributed by atoms with E-state index in [2.05, 4.69) is 0 Å². The number of ether oxygens (including phenoxy) is 2. The molecular formula is C24H20ClNO5S. The molecule has 1 fully saturated rings. The Hall–Kier alpha value is -3.16. The van der Waals surface area contributed by atoms with Gasteiger partial charge in [0.25, 0.3) is 11.1 Å². The van der Waals surface area contributed by atoms with Gasteiger partial charge >= 0.3 is 0 Å². The molecule has 1 saturated heterocycles. The summed E-state index contributed by atoms with van der Waals surface area (Å²) in [6.45, 7) is 2.36. The summed E-state index contributed by atoms with van der Waals surface area (Å²) in [6.07, 6.45) is 1.57. The summed E-state index contributed by atoms with van der Waals surface area (Å²) in [7, 11) is 1.55. The van der Waals surface area contributed by atoms with Crippen LogP contribution in [-0.2, 0) is 4.79 Å². The van der Waals surface area contributed by atoms with Crippen LogP contribution in [0.2, 0.25) is 5.02 Å². The molecule has 2 amide bonds. The molecular weight excluding hydrogens is 450 g/mol. The standard InChI is InChI=1S/C24H20ClNO5S/c1-15-4-3-5-17(12-15)30-11-10-26-23(27)22(32-24(26)28)14-18-7-9-20(31-18)16-6-8-21(29-2)19(25)13-16/h3-9,12-14H,10-11H2,1-2H3/b22-14-. The molecule has 2 heterocycles. The molecule has 8 heteroatoms. The first-order valence-electron chi connectivity index (χ1n) is 9.83. The lowest BCUT2D eigenvalue weighted by molar-refractivity contribution is -0.123. The maximum absolute atomic E-state index is 12.7. The molecule has 0 aliphatic carbocycles. The monoisotopic (exact) mass is 469 g/mol. The number of thioether (sulfide) groups is 1. The third-order valence-corrected chi connectivity index (χ3v) is 5.99. The number of furan rings is 1. The number of aryl methyl sites for hydroxylation is 1. The van der Waals surface area contributed by atoms with Gasteiger partial charge in [-0.05, 0) is 66.7 Å². The van der Waals surface area contributed by atoms with Crippen molar-refractivity contribution in [2.75, 3.05) is 20.3 Å². The fraction of sp³-hybridized carbons (Fsp3) is 0.167. The number of rotatable bonds is 7. The number of hydrogen-bond donors (Lipinski definition) is 0. The van der Waals surface area contributed by atoms with E-state index in [9.17, 15) is 9.59 Å². The number of methoxy groups -OCH3 is 1. The van der Waals surface area contributed by atoms with E-state index in [1.54, 1.807) is 37.5 Å². The molecule has 6 nitrogen and oxygen atoms in total. The molecule has 0 bridgehead atoms. The van der Waals surface area contributed by atoms with Gasteiger partial charge in [-0.1, -0.05) is 23.7 Å². The second-order valence-corrected chi connectivity index (χ2v) is 8.45. The van der Waals surface area contributed by atoms with Crippen molar-refractivity contribution in [2.24, 2.45) is 0 Å². The predicted molar refractivity (Wildman–Crippen MR) is 125 cm³/mol. The van der Waals surface area contributed by atoms with Crippen molar-refractivity contribution in [3.05, 3.63) is 75.8 Å². The Morgan fingerprint density at radius 1 is 1.12 bits per heavy atom. The highest BCUT2D eigenvalue weighted by atomic mass is 35.5. The highest BCUT2D eigenvalue weighted by Crippen LogP contribution is 2.34. The van der Waals surface area contributed by atoms with Crippen LogP contribution in [-0.4, -0.2) is 36.3 Å². The Kier molecular flexibility index (Phi) is 6.58. The lowest BCUT2D eigenvalue weighted by atomic mass is 10.2. The van der Waals surface area contributed by atoms with Gasteiger partial charge in [0.2, 0.25) is 0 Å². The SMILES string of the molecule is COc1ccc(-c2ccc(/C=C3\SC(=O)N(CCOc4cccc(C)c4)C3=O)o2)cc1Cl. The van der Waals surface area contributed by atoms with Crippen LogP contribution in [0.25, 0.3) is 17.4 Å². The van der Waals surface area contributed by atoms with Crippen molar-refractivity contribution in [1.29, 1.82) is 0 Å². The van der Waals surface area contributed by atoms with Crippen molar-refractivity contribution in [3.8, 4) is 22.8 Å². The van der Waals surface area contributed by atoms with Crippen LogP contribution < -0.4 is 9.47 Å². The molecule has 0 unspecified atom stereocenters.